The number of carbonyl (C=O) groups excluding carboxylic acids is 1. The summed E-state index contributed by atoms with van der Waals surface area (Å²) in [7, 11) is 0. The second kappa shape index (κ2) is 9.06. The summed E-state index contributed by atoms with van der Waals surface area (Å²) in [4.78, 5) is 14.1. The van der Waals surface area contributed by atoms with E-state index in [1.54, 1.807) is 18.3 Å². The number of nitrogens with one attached hydrogen (secondary N) is 1. The van der Waals surface area contributed by atoms with Crippen LogP contribution in [-0.2, 0) is 10.5 Å². The largest absolute Gasteiger partial charge is 0.268 e. The highest BCUT2D eigenvalue weighted by molar-refractivity contribution is 7.98. The molecule has 1 aromatic heterocycles. The summed E-state index contributed by atoms with van der Waals surface area (Å²) in [5.74, 6) is 1.77. The van der Waals surface area contributed by atoms with Crippen LogP contribution in [0.3, 0.4) is 0 Å². The van der Waals surface area contributed by atoms with Gasteiger partial charge in [-0.15, -0.1) is 11.3 Å². The van der Waals surface area contributed by atoms with Crippen molar-refractivity contribution in [2.24, 2.45) is 5.10 Å². The molecule has 0 aliphatic rings. The number of halogens is 1. The summed E-state index contributed by atoms with van der Waals surface area (Å²) in [5.41, 5.74) is 4.60. The molecule has 0 aliphatic heterocycles. The van der Waals surface area contributed by atoms with Crippen LogP contribution in [-0.4, -0.2) is 17.4 Å². The molecule has 3 nitrogen and oxygen atoms in total. The maximum absolute atomic E-state index is 11.8. The van der Waals surface area contributed by atoms with E-state index in [0.717, 1.165) is 27.7 Å². The van der Waals surface area contributed by atoms with E-state index in [-0.39, 0.29) is 5.91 Å². The Hall–Kier alpha value is -1.56. The molecule has 1 N–H and O–H groups in total. The van der Waals surface area contributed by atoms with Gasteiger partial charge in [-0.2, -0.15) is 16.9 Å². The van der Waals surface area contributed by atoms with Crippen molar-refractivity contribution in [3.05, 3.63) is 68.9 Å². The Morgan fingerprint density at radius 2 is 2.00 bits per heavy atom. The molecule has 0 radical (unpaired) electrons. The van der Waals surface area contributed by atoms with Crippen LogP contribution in [0.2, 0.25) is 5.02 Å². The van der Waals surface area contributed by atoms with Gasteiger partial charge in [-0.1, -0.05) is 37.2 Å². The van der Waals surface area contributed by atoms with Crippen molar-refractivity contribution in [3.8, 4) is 0 Å². The average molecular weight is 379 g/mol. The number of benzene rings is 1. The van der Waals surface area contributed by atoms with Crippen molar-refractivity contribution in [2.45, 2.75) is 19.6 Å². The predicted octanol–water partition coefficient (Wildman–Crippen LogP) is 5.10. The summed E-state index contributed by atoms with van der Waals surface area (Å²) < 4.78 is 0. The van der Waals surface area contributed by atoms with E-state index < -0.39 is 0 Å². The molecule has 24 heavy (non-hydrogen) atoms. The van der Waals surface area contributed by atoms with Gasteiger partial charge in [0.2, 0.25) is 0 Å². The van der Waals surface area contributed by atoms with Crippen LogP contribution in [0, 0.1) is 0 Å². The van der Waals surface area contributed by atoms with Crippen LogP contribution >= 0.6 is 34.7 Å². The molecule has 0 saturated carbocycles. The van der Waals surface area contributed by atoms with Crippen LogP contribution in [0.4, 0.5) is 0 Å². The lowest BCUT2D eigenvalue weighted by atomic mass is 10.1. The monoisotopic (exact) mass is 378 g/mol. The van der Waals surface area contributed by atoms with Gasteiger partial charge in [-0.3, -0.25) is 4.79 Å². The lowest BCUT2D eigenvalue weighted by Crippen LogP contribution is -2.20. The second-order valence-electron chi connectivity index (χ2n) is 5.09. The van der Waals surface area contributed by atoms with Crippen molar-refractivity contribution in [2.75, 3.05) is 5.75 Å². The normalized spacial score (nSPS) is 11.4. The minimum absolute atomic E-state index is 0.292. The third kappa shape index (κ3) is 5.23. The summed E-state index contributed by atoms with van der Waals surface area (Å²) in [6.45, 7) is 7.43. The molecular formula is C18H19ClN2OS2. The van der Waals surface area contributed by atoms with Gasteiger partial charge in [-0.25, -0.2) is 5.43 Å². The number of nitrogens with zero attached hydrogens (tertiary/aromatic N) is 1. The van der Waals surface area contributed by atoms with Gasteiger partial charge in [0.15, 0.2) is 0 Å². The molecule has 0 fully saturated rings. The molecule has 2 aromatic rings. The Bertz CT molecular complexity index is 751. The zero-order valence-corrected chi connectivity index (χ0v) is 16.0. The third-order valence-electron chi connectivity index (χ3n) is 3.12. The minimum Gasteiger partial charge on any atom is -0.268 e. The van der Waals surface area contributed by atoms with Crippen molar-refractivity contribution < 1.29 is 4.79 Å². The van der Waals surface area contributed by atoms with Gasteiger partial charge in [0.05, 0.1) is 4.88 Å². The zero-order chi connectivity index (χ0) is 17.5. The Labute approximate surface area is 155 Å². The van der Waals surface area contributed by atoms with Crippen molar-refractivity contribution in [3.63, 3.8) is 0 Å². The molecule has 0 unspecified atom stereocenters. The van der Waals surface area contributed by atoms with E-state index >= 15 is 0 Å². The number of carbonyl (C=O) groups is 1. The van der Waals surface area contributed by atoms with E-state index in [4.69, 9.17) is 11.6 Å². The van der Waals surface area contributed by atoms with E-state index in [1.165, 1.54) is 4.88 Å². The first-order chi connectivity index (χ1) is 11.5. The van der Waals surface area contributed by atoms with Gasteiger partial charge in [0, 0.05) is 26.8 Å². The van der Waals surface area contributed by atoms with E-state index in [2.05, 4.69) is 30.1 Å². The maximum atomic E-state index is 11.8. The number of hydrogen-bond acceptors (Lipinski definition) is 4. The maximum Gasteiger partial charge on any atom is 0.266 e. The van der Waals surface area contributed by atoms with Gasteiger partial charge in [0.25, 0.3) is 5.91 Å². The van der Waals surface area contributed by atoms with E-state index in [0.29, 0.717) is 10.6 Å². The second-order valence-corrected chi connectivity index (χ2v) is 7.97. The number of hydrazone groups is 1. The molecule has 6 heteroatoms. The standard InChI is InChI=1S/C18H19ClN2OS2/c1-4-23-11-15-9-10-16(24-15)17(20-21-18(22)12(2)3)13-5-7-14(19)8-6-13/h5-10H,2,4,11H2,1,3H3,(H,21,22). The molecule has 0 bridgehead atoms. The van der Waals surface area contributed by atoms with E-state index in [1.807, 2.05) is 42.1 Å². The first-order valence-electron chi connectivity index (χ1n) is 7.47. The smallest absolute Gasteiger partial charge is 0.266 e. The molecule has 1 aromatic carbocycles. The molecule has 0 spiro atoms. The number of rotatable bonds is 7. The molecule has 0 saturated heterocycles. The van der Waals surface area contributed by atoms with Gasteiger partial charge in [0.1, 0.15) is 5.71 Å². The van der Waals surface area contributed by atoms with Gasteiger partial charge < -0.3 is 0 Å². The van der Waals surface area contributed by atoms with Gasteiger partial charge >= 0.3 is 0 Å². The van der Waals surface area contributed by atoms with Crippen LogP contribution in [0.1, 0.15) is 29.2 Å². The number of hydrogen-bond donors (Lipinski definition) is 1. The molecule has 1 amide bonds. The Kier molecular flexibility index (Phi) is 7.09. The first kappa shape index (κ1) is 18.8. The SMILES string of the molecule is C=C(C)C(=O)NN=C(c1ccc(Cl)cc1)c1ccc(CSCC)s1. The Morgan fingerprint density at radius 1 is 1.29 bits per heavy atom. The van der Waals surface area contributed by atoms with Crippen LogP contribution < -0.4 is 5.43 Å². The number of thiophene rings is 1. The predicted molar refractivity (Wildman–Crippen MR) is 106 cm³/mol. The first-order valence-corrected chi connectivity index (χ1v) is 9.82. The highest BCUT2D eigenvalue weighted by Crippen LogP contribution is 2.25. The minimum atomic E-state index is -0.292. The summed E-state index contributed by atoms with van der Waals surface area (Å²) in [6.07, 6.45) is 0. The fourth-order valence-corrected chi connectivity index (χ4v) is 3.79. The summed E-state index contributed by atoms with van der Waals surface area (Å²) in [5, 5.41) is 4.99. The fourth-order valence-electron chi connectivity index (χ4n) is 1.86. The van der Waals surface area contributed by atoms with Crippen molar-refractivity contribution in [1.82, 2.24) is 5.43 Å². The quantitative estimate of drug-likeness (QED) is 0.413. The average Bonchev–Trinajstić information content (AvgIpc) is 3.03. The topological polar surface area (TPSA) is 41.5 Å². The Balaban J connectivity index is 2.33. The number of amides is 1. The lowest BCUT2D eigenvalue weighted by Gasteiger charge is -2.06. The summed E-state index contributed by atoms with van der Waals surface area (Å²) >= 11 is 9.53. The third-order valence-corrected chi connectivity index (χ3v) is 5.57. The van der Waals surface area contributed by atoms with Crippen LogP contribution in [0.25, 0.3) is 0 Å². The zero-order valence-electron chi connectivity index (χ0n) is 13.6. The van der Waals surface area contributed by atoms with Crippen molar-refractivity contribution >= 4 is 46.3 Å². The van der Waals surface area contributed by atoms with Crippen molar-refractivity contribution in [1.29, 1.82) is 0 Å². The molecular weight excluding hydrogens is 360 g/mol. The lowest BCUT2D eigenvalue weighted by molar-refractivity contribution is -0.117. The molecule has 2 rings (SSSR count). The highest BCUT2D eigenvalue weighted by Gasteiger charge is 2.12. The van der Waals surface area contributed by atoms with Crippen LogP contribution in [0.5, 0.6) is 0 Å². The Morgan fingerprint density at radius 3 is 2.62 bits per heavy atom. The number of thioether (sulfide) groups is 1. The van der Waals surface area contributed by atoms with Crippen LogP contribution in [0.15, 0.2) is 53.7 Å². The molecule has 0 aliphatic carbocycles. The molecule has 126 valence electrons. The highest BCUT2D eigenvalue weighted by atomic mass is 35.5. The van der Waals surface area contributed by atoms with Gasteiger partial charge in [-0.05, 0) is 36.9 Å². The fraction of sp³-hybridized carbons (Fsp3) is 0.222. The molecule has 0 atom stereocenters. The van der Waals surface area contributed by atoms with E-state index in [9.17, 15) is 4.79 Å². The summed E-state index contributed by atoms with van der Waals surface area (Å²) in [6, 6.07) is 11.6. The molecule has 1 heterocycles.